The zero-order valence-electron chi connectivity index (χ0n) is 17.7. The van der Waals surface area contributed by atoms with Crippen LogP contribution in [-0.4, -0.2) is 44.6 Å². The van der Waals surface area contributed by atoms with Gasteiger partial charge in [-0.15, -0.1) is 11.3 Å². The molecule has 0 spiro atoms. The number of pyridine rings is 1. The molecule has 0 atom stereocenters. The van der Waals surface area contributed by atoms with E-state index in [4.69, 9.17) is 4.74 Å². The number of ether oxygens (including phenoxy) is 1. The van der Waals surface area contributed by atoms with Crippen molar-refractivity contribution in [1.82, 2.24) is 14.9 Å². The Kier molecular flexibility index (Phi) is 6.63. The number of aromatic nitrogens is 2. The topological polar surface area (TPSA) is 75.5 Å². The summed E-state index contributed by atoms with van der Waals surface area (Å²) in [4.78, 5) is 23.1. The van der Waals surface area contributed by atoms with Gasteiger partial charge >= 0.3 is 0 Å². The van der Waals surface area contributed by atoms with E-state index in [0.29, 0.717) is 39.0 Å². The Morgan fingerprint density at radius 3 is 2.58 bits per heavy atom. The van der Waals surface area contributed by atoms with E-state index in [1.807, 2.05) is 53.6 Å². The highest BCUT2D eigenvalue weighted by atomic mass is 32.1. The van der Waals surface area contributed by atoms with Crippen molar-refractivity contribution in [2.24, 2.45) is 0 Å². The van der Waals surface area contributed by atoms with Crippen molar-refractivity contribution >= 4 is 17.2 Å². The average Bonchev–Trinajstić information content (AvgIpc) is 3.21. The number of aliphatic hydroxyl groups is 1. The SMILES string of the molecule is Cc1ccc(OCc2nc(CC(=O)N3CCC(O)(Cc4ccncc4)CC3)cs2)cc1. The summed E-state index contributed by atoms with van der Waals surface area (Å²) in [6.07, 6.45) is 5.51. The van der Waals surface area contributed by atoms with Gasteiger partial charge in [-0.1, -0.05) is 17.7 Å². The van der Waals surface area contributed by atoms with Crippen LogP contribution in [0.3, 0.4) is 0 Å². The van der Waals surface area contributed by atoms with Crippen molar-refractivity contribution in [3.8, 4) is 5.75 Å². The zero-order chi connectivity index (χ0) is 21.7. The van der Waals surface area contributed by atoms with Gasteiger partial charge in [0.2, 0.25) is 5.91 Å². The van der Waals surface area contributed by atoms with E-state index in [-0.39, 0.29) is 12.3 Å². The Morgan fingerprint density at radius 1 is 1.16 bits per heavy atom. The molecule has 2 aromatic heterocycles. The van der Waals surface area contributed by atoms with Crippen LogP contribution in [0.5, 0.6) is 5.75 Å². The molecule has 7 heteroatoms. The highest BCUT2D eigenvalue weighted by Crippen LogP contribution is 2.27. The van der Waals surface area contributed by atoms with Gasteiger partial charge in [-0.2, -0.15) is 0 Å². The Labute approximate surface area is 186 Å². The summed E-state index contributed by atoms with van der Waals surface area (Å²) in [6.45, 7) is 3.56. The number of likely N-dealkylation sites (tertiary alicyclic amines) is 1. The van der Waals surface area contributed by atoms with Crippen molar-refractivity contribution in [1.29, 1.82) is 0 Å². The predicted molar refractivity (Wildman–Crippen MR) is 120 cm³/mol. The van der Waals surface area contributed by atoms with Crippen LogP contribution < -0.4 is 4.74 Å². The van der Waals surface area contributed by atoms with E-state index in [1.54, 1.807) is 12.4 Å². The van der Waals surface area contributed by atoms with Crippen molar-refractivity contribution < 1.29 is 14.6 Å². The van der Waals surface area contributed by atoms with E-state index in [2.05, 4.69) is 9.97 Å². The molecular weight excluding hydrogens is 410 g/mol. The van der Waals surface area contributed by atoms with E-state index in [1.165, 1.54) is 16.9 Å². The lowest BCUT2D eigenvalue weighted by atomic mass is 9.85. The minimum atomic E-state index is -0.765. The number of hydrogen-bond acceptors (Lipinski definition) is 6. The molecule has 0 radical (unpaired) electrons. The van der Waals surface area contributed by atoms with Gasteiger partial charge < -0.3 is 14.7 Å². The molecular formula is C24H27N3O3S. The number of aryl methyl sites for hydroxylation is 1. The van der Waals surface area contributed by atoms with Gasteiger partial charge in [0.1, 0.15) is 17.4 Å². The smallest absolute Gasteiger partial charge is 0.228 e. The number of piperidine rings is 1. The molecule has 1 fully saturated rings. The van der Waals surface area contributed by atoms with Gasteiger partial charge in [0.15, 0.2) is 0 Å². The summed E-state index contributed by atoms with van der Waals surface area (Å²) in [7, 11) is 0. The first-order chi connectivity index (χ1) is 15.0. The Hall–Kier alpha value is -2.77. The van der Waals surface area contributed by atoms with Gasteiger partial charge in [-0.05, 0) is 49.6 Å². The third-order valence-corrected chi connectivity index (χ3v) is 6.52. The summed E-state index contributed by atoms with van der Waals surface area (Å²) in [5.74, 6) is 0.869. The van der Waals surface area contributed by atoms with Crippen LogP contribution in [0.4, 0.5) is 0 Å². The maximum absolute atomic E-state index is 12.7. The van der Waals surface area contributed by atoms with Crippen LogP contribution >= 0.6 is 11.3 Å². The molecule has 162 valence electrons. The molecule has 1 aliphatic heterocycles. The maximum atomic E-state index is 12.7. The molecule has 3 heterocycles. The molecule has 6 nitrogen and oxygen atoms in total. The average molecular weight is 438 g/mol. The van der Waals surface area contributed by atoms with Crippen LogP contribution in [0.1, 0.15) is 34.7 Å². The van der Waals surface area contributed by atoms with Crippen molar-refractivity contribution in [3.05, 3.63) is 76.0 Å². The van der Waals surface area contributed by atoms with Crippen molar-refractivity contribution in [2.45, 2.75) is 44.8 Å². The molecule has 31 heavy (non-hydrogen) atoms. The molecule has 0 bridgehead atoms. The largest absolute Gasteiger partial charge is 0.486 e. The predicted octanol–water partition coefficient (Wildman–Crippen LogP) is 3.56. The third kappa shape index (κ3) is 5.89. The maximum Gasteiger partial charge on any atom is 0.228 e. The minimum absolute atomic E-state index is 0.0577. The van der Waals surface area contributed by atoms with Crippen LogP contribution in [0.15, 0.2) is 54.2 Å². The number of carbonyl (C=O) groups excluding carboxylic acids is 1. The highest BCUT2D eigenvalue weighted by molar-refractivity contribution is 7.09. The van der Waals surface area contributed by atoms with Crippen molar-refractivity contribution in [3.63, 3.8) is 0 Å². The lowest BCUT2D eigenvalue weighted by Crippen LogP contribution is -2.48. The molecule has 4 rings (SSSR count). The summed E-state index contributed by atoms with van der Waals surface area (Å²) in [5, 5.41) is 13.7. The number of amides is 1. The van der Waals surface area contributed by atoms with Gasteiger partial charge in [0, 0.05) is 37.3 Å². The van der Waals surface area contributed by atoms with Gasteiger partial charge in [0.05, 0.1) is 17.7 Å². The molecule has 1 N–H and O–H groups in total. The van der Waals surface area contributed by atoms with Crippen LogP contribution in [0.25, 0.3) is 0 Å². The van der Waals surface area contributed by atoms with Crippen molar-refractivity contribution in [2.75, 3.05) is 13.1 Å². The molecule has 1 amide bonds. The monoisotopic (exact) mass is 437 g/mol. The number of benzene rings is 1. The molecule has 0 aliphatic carbocycles. The third-order valence-electron chi connectivity index (χ3n) is 5.64. The van der Waals surface area contributed by atoms with Gasteiger partial charge in [-0.3, -0.25) is 9.78 Å². The van der Waals surface area contributed by atoms with Crippen LogP contribution in [0.2, 0.25) is 0 Å². The summed E-state index contributed by atoms with van der Waals surface area (Å²) in [6, 6.07) is 11.8. The summed E-state index contributed by atoms with van der Waals surface area (Å²) in [5.41, 5.74) is 2.27. The van der Waals surface area contributed by atoms with Crippen LogP contribution in [0, 0.1) is 6.92 Å². The Morgan fingerprint density at radius 2 is 1.87 bits per heavy atom. The fourth-order valence-electron chi connectivity index (χ4n) is 3.77. The zero-order valence-corrected chi connectivity index (χ0v) is 18.5. The second kappa shape index (κ2) is 9.58. The Bertz CT molecular complexity index is 996. The van der Waals surface area contributed by atoms with E-state index in [0.717, 1.165) is 22.0 Å². The second-order valence-corrected chi connectivity index (χ2v) is 9.09. The van der Waals surface area contributed by atoms with E-state index in [9.17, 15) is 9.90 Å². The lowest BCUT2D eigenvalue weighted by molar-refractivity contribution is -0.134. The molecule has 1 aliphatic rings. The van der Waals surface area contributed by atoms with Gasteiger partial charge in [-0.25, -0.2) is 4.98 Å². The normalized spacial score (nSPS) is 15.6. The summed E-state index contributed by atoms with van der Waals surface area (Å²) >= 11 is 1.51. The number of rotatable bonds is 7. The molecule has 1 saturated heterocycles. The number of thiazole rings is 1. The summed E-state index contributed by atoms with van der Waals surface area (Å²) < 4.78 is 5.77. The first-order valence-corrected chi connectivity index (χ1v) is 11.4. The molecule has 0 unspecified atom stereocenters. The minimum Gasteiger partial charge on any atom is -0.486 e. The number of nitrogens with zero attached hydrogens (tertiary/aromatic N) is 3. The van der Waals surface area contributed by atoms with E-state index >= 15 is 0 Å². The molecule has 1 aromatic carbocycles. The molecule has 0 saturated carbocycles. The number of hydrogen-bond donors (Lipinski definition) is 1. The number of carbonyl (C=O) groups is 1. The fourth-order valence-corrected chi connectivity index (χ4v) is 4.48. The fraction of sp³-hybridized carbons (Fsp3) is 0.375. The highest BCUT2D eigenvalue weighted by Gasteiger charge is 2.34. The quantitative estimate of drug-likeness (QED) is 0.612. The van der Waals surface area contributed by atoms with Gasteiger partial charge in [0.25, 0.3) is 0 Å². The standard InChI is InChI=1S/C24H27N3O3S/c1-18-2-4-21(5-3-18)30-16-22-26-20(17-31-22)14-23(28)27-12-8-24(29,9-13-27)15-19-6-10-25-11-7-19/h2-7,10-11,17,29H,8-9,12-16H2,1H3. The first kappa shape index (κ1) is 21.5. The first-order valence-electron chi connectivity index (χ1n) is 10.5. The molecule has 3 aromatic rings. The van der Waals surface area contributed by atoms with E-state index < -0.39 is 5.60 Å². The second-order valence-electron chi connectivity index (χ2n) is 8.15. The lowest BCUT2D eigenvalue weighted by Gasteiger charge is -2.38. The van der Waals surface area contributed by atoms with Crippen LogP contribution in [-0.2, 0) is 24.2 Å². The Balaban J connectivity index is 1.25.